The zero-order valence-electron chi connectivity index (χ0n) is 6.81. The van der Waals surface area contributed by atoms with Crippen LogP contribution in [0.25, 0.3) is 0 Å². The number of carbonyl (C=O) groups is 1. The van der Waals surface area contributed by atoms with Crippen molar-refractivity contribution in [2.45, 2.75) is 19.4 Å². The number of aromatic nitrogens is 3. The molecule has 0 saturated carbocycles. The maximum absolute atomic E-state index is 11.0. The fourth-order valence-electron chi connectivity index (χ4n) is 0.873. The van der Waals surface area contributed by atoms with E-state index in [0.717, 1.165) is 0 Å². The molecule has 0 atom stereocenters. The number of hydrogen-bond acceptors (Lipinski definition) is 4. The molecule has 1 heterocycles. The summed E-state index contributed by atoms with van der Waals surface area (Å²) in [6, 6.07) is 0. The Morgan fingerprint density at radius 3 is 2.92 bits per heavy atom. The Labute approximate surface area is 70.6 Å². The SMILES string of the molecule is NCCC(=O)CCn1cncn1. The van der Waals surface area contributed by atoms with Crippen LogP contribution in [-0.4, -0.2) is 27.1 Å². The molecular weight excluding hydrogens is 156 g/mol. The average molecular weight is 168 g/mol. The second kappa shape index (κ2) is 4.61. The fraction of sp³-hybridized carbons (Fsp3) is 0.571. The van der Waals surface area contributed by atoms with Gasteiger partial charge >= 0.3 is 0 Å². The third kappa shape index (κ3) is 2.79. The molecule has 0 radical (unpaired) electrons. The van der Waals surface area contributed by atoms with Crippen LogP contribution in [0.3, 0.4) is 0 Å². The third-order valence-electron chi connectivity index (χ3n) is 1.51. The van der Waals surface area contributed by atoms with Gasteiger partial charge in [-0.1, -0.05) is 0 Å². The number of nitrogens with two attached hydrogens (primary N) is 1. The summed E-state index contributed by atoms with van der Waals surface area (Å²) in [4.78, 5) is 14.8. The number of ketones is 1. The van der Waals surface area contributed by atoms with Crippen LogP contribution < -0.4 is 5.73 Å². The zero-order valence-corrected chi connectivity index (χ0v) is 6.81. The molecule has 12 heavy (non-hydrogen) atoms. The molecule has 5 heteroatoms. The van der Waals surface area contributed by atoms with Crippen molar-refractivity contribution in [3.05, 3.63) is 12.7 Å². The Balaban J connectivity index is 2.22. The second-order valence-corrected chi connectivity index (χ2v) is 2.49. The maximum Gasteiger partial charge on any atom is 0.137 e. The lowest BCUT2D eigenvalue weighted by Crippen LogP contribution is -2.10. The van der Waals surface area contributed by atoms with Gasteiger partial charge in [0.1, 0.15) is 18.4 Å². The van der Waals surface area contributed by atoms with Gasteiger partial charge in [0.2, 0.25) is 0 Å². The average Bonchev–Trinajstić information content (AvgIpc) is 2.53. The molecule has 0 amide bonds. The molecule has 0 aromatic carbocycles. The van der Waals surface area contributed by atoms with Gasteiger partial charge in [0, 0.05) is 19.4 Å². The Bertz CT molecular complexity index is 232. The Kier molecular flexibility index (Phi) is 3.40. The highest BCUT2D eigenvalue weighted by molar-refractivity contribution is 5.78. The van der Waals surface area contributed by atoms with Gasteiger partial charge in [-0.05, 0) is 6.54 Å². The summed E-state index contributed by atoms with van der Waals surface area (Å²) in [5.41, 5.74) is 5.22. The molecule has 0 saturated heterocycles. The molecule has 5 nitrogen and oxygen atoms in total. The van der Waals surface area contributed by atoms with E-state index in [1.54, 1.807) is 11.0 Å². The van der Waals surface area contributed by atoms with Crippen molar-refractivity contribution in [1.82, 2.24) is 14.8 Å². The van der Waals surface area contributed by atoms with Gasteiger partial charge in [0.05, 0.1) is 0 Å². The van der Waals surface area contributed by atoms with E-state index in [1.807, 2.05) is 0 Å². The van der Waals surface area contributed by atoms with Crippen LogP contribution in [0.5, 0.6) is 0 Å². The summed E-state index contributed by atoms with van der Waals surface area (Å²) in [6.07, 6.45) is 3.98. The lowest BCUT2D eigenvalue weighted by atomic mass is 10.2. The first-order valence-electron chi connectivity index (χ1n) is 3.87. The predicted octanol–water partition coefficient (Wildman–Crippen LogP) is -0.414. The molecule has 0 spiro atoms. The molecule has 0 aliphatic rings. The topological polar surface area (TPSA) is 73.8 Å². The van der Waals surface area contributed by atoms with Crippen molar-refractivity contribution >= 4 is 5.78 Å². The summed E-state index contributed by atoms with van der Waals surface area (Å²) < 4.78 is 1.63. The number of aryl methyl sites for hydroxylation is 1. The second-order valence-electron chi connectivity index (χ2n) is 2.49. The van der Waals surface area contributed by atoms with E-state index in [0.29, 0.717) is 25.9 Å². The highest BCUT2D eigenvalue weighted by Gasteiger charge is 2.00. The lowest BCUT2D eigenvalue weighted by molar-refractivity contribution is -0.119. The molecule has 1 rings (SSSR count). The first-order valence-corrected chi connectivity index (χ1v) is 3.87. The Morgan fingerprint density at radius 1 is 1.50 bits per heavy atom. The van der Waals surface area contributed by atoms with Crippen LogP contribution in [0, 0.1) is 0 Å². The van der Waals surface area contributed by atoms with Crippen LogP contribution in [0.15, 0.2) is 12.7 Å². The van der Waals surface area contributed by atoms with Crippen molar-refractivity contribution in [3.63, 3.8) is 0 Å². The van der Waals surface area contributed by atoms with Crippen molar-refractivity contribution in [2.24, 2.45) is 5.73 Å². The Morgan fingerprint density at radius 2 is 2.33 bits per heavy atom. The minimum absolute atomic E-state index is 0.174. The predicted molar refractivity (Wildman–Crippen MR) is 43.3 cm³/mol. The van der Waals surface area contributed by atoms with E-state index in [9.17, 15) is 4.79 Å². The summed E-state index contributed by atoms with van der Waals surface area (Å²) in [5, 5.41) is 3.87. The van der Waals surface area contributed by atoms with E-state index in [4.69, 9.17) is 5.73 Å². The molecule has 0 aliphatic carbocycles. The summed E-state index contributed by atoms with van der Waals surface area (Å²) in [6.45, 7) is 1.02. The van der Waals surface area contributed by atoms with E-state index in [2.05, 4.69) is 10.1 Å². The standard InChI is InChI=1S/C7H12N4O/c8-3-1-7(12)2-4-11-6-9-5-10-11/h5-6H,1-4,8H2. The molecule has 1 aromatic heterocycles. The maximum atomic E-state index is 11.0. The van der Waals surface area contributed by atoms with Crippen LogP contribution in [0.2, 0.25) is 0 Å². The van der Waals surface area contributed by atoms with Crippen LogP contribution in [0.1, 0.15) is 12.8 Å². The lowest BCUT2D eigenvalue weighted by Gasteiger charge is -1.98. The van der Waals surface area contributed by atoms with Gasteiger partial charge in [-0.25, -0.2) is 4.98 Å². The van der Waals surface area contributed by atoms with Crippen LogP contribution in [0.4, 0.5) is 0 Å². The monoisotopic (exact) mass is 168 g/mol. The number of carbonyl (C=O) groups excluding carboxylic acids is 1. The molecular formula is C7H12N4O. The number of nitrogens with zero attached hydrogens (tertiary/aromatic N) is 3. The van der Waals surface area contributed by atoms with Gasteiger partial charge in [-0.15, -0.1) is 0 Å². The first kappa shape index (κ1) is 8.86. The van der Waals surface area contributed by atoms with Gasteiger partial charge in [0.15, 0.2) is 0 Å². The van der Waals surface area contributed by atoms with Crippen molar-refractivity contribution in [1.29, 1.82) is 0 Å². The summed E-state index contributed by atoms with van der Waals surface area (Å²) in [5.74, 6) is 0.174. The first-order chi connectivity index (χ1) is 5.83. The number of hydrogen-bond donors (Lipinski definition) is 1. The van der Waals surface area contributed by atoms with E-state index < -0.39 is 0 Å². The van der Waals surface area contributed by atoms with Crippen LogP contribution in [-0.2, 0) is 11.3 Å². The Hall–Kier alpha value is -1.23. The van der Waals surface area contributed by atoms with Crippen LogP contribution >= 0.6 is 0 Å². The molecule has 1 aromatic rings. The number of rotatable bonds is 5. The molecule has 0 aliphatic heterocycles. The summed E-state index contributed by atoms with van der Waals surface area (Å²) in [7, 11) is 0. The smallest absolute Gasteiger partial charge is 0.137 e. The molecule has 0 unspecified atom stereocenters. The minimum Gasteiger partial charge on any atom is -0.330 e. The fourth-order valence-corrected chi connectivity index (χ4v) is 0.873. The van der Waals surface area contributed by atoms with Crippen molar-refractivity contribution < 1.29 is 4.79 Å². The zero-order chi connectivity index (χ0) is 8.81. The third-order valence-corrected chi connectivity index (χ3v) is 1.51. The van der Waals surface area contributed by atoms with Gasteiger partial charge in [0.25, 0.3) is 0 Å². The van der Waals surface area contributed by atoms with E-state index in [-0.39, 0.29) is 5.78 Å². The summed E-state index contributed by atoms with van der Waals surface area (Å²) >= 11 is 0. The van der Waals surface area contributed by atoms with E-state index >= 15 is 0 Å². The normalized spacial score (nSPS) is 10.1. The number of Topliss-reactive ketones (excluding diaryl/α,β-unsaturated/α-hetero) is 1. The molecule has 0 fully saturated rings. The largest absolute Gasteiger partial charge is 0.330 e. The van der Waals surface area contributed by atoms with Gasteiger partial charge in [-0.2, -0.15) is 5.10 Å². The van der Waals surface area contributed by atoms with Gasteiger partial charge in [-0.3, -0.25) is 9.48 Å². The molecule has 66 valence electrons. The van der Waals surface area contributed by atoms with E-state index in [1.165, 1.54) is 6.33 Å². The van der Waals surface area contributed by atoms with Gasteiger partial charge < -0.3 is 5.73 Å². The highest BCUT2D eigenvalue weighted by Crippen LogP contribution is 1.91. The quantitative estimate of drug-likeness (QED) is 0.648. The minimum atomic E-state index is 0.174. The van der Waals surface area contributed by atoms with Crippen molar-refractivity contribution in [2.75, 3.05) is 6.54 Å². The van der Waals surface area contributed by atoms with Crippen molar-refractivity contribution in [3.8, 4) is 0 Å². The highest BCUT2D eigenvalue weighted by atomic mass is 16.1. The molecule has 2 N–H and O–H groups in total. The molecule has 0 bridgehead atoms.